The SMILES string of the molecule is CCNC(=NCc1ccc(CN2CC(C)OC(C)C2)cc1)NCc1ccnn1C.I. The molecule has 0 spiro atoms. The molecular formula is C22H35IN6O. The fourth-order valence-corrected chi connectivity index (χ4v) is 3.68. The quantitative estimate of drug-likeness (QED) is 0.330. The van der Waals surface area contributed by atoms with Crippen molar-refractivity contribution in [2.75, 3.05) is 19.6 Å². The second-order valence-corrected chi connectivity index (χ2v) is 7.76. The number of nitrogens with one attached hydrogen (secondary N) is 2. The lowest BCUT2D eigenvalue weighted by Gasteiger charge is -2.35. The van der Waals surface area contributed by atoms with E-state index in [0.29, 0.717) is 25.3 Å². The molecule has 2 N–H and O–H groups in total. The first-order valence-electron chi connectivity index (χ1n) is 10.5. The summed E-state index contributed by atoms with van der Waals surface area (Å²) in [5.41, 5.74) is 3.65. The lowest BCUT2D eigenvalue weighted by molar-refractivity contribution is -0.0704. The van der Waals surface area contributed by atoms with Gasteiger partial charge in [-0.25, -0.2) is 4.99 Å². The zero-order valence-corrected chi connectivity index (χ0v) is 20.8. The Bertz CT molecular complexity index is 781. The van der Waals surface area contributed by atoms with E-state index in [1.54, 1.807) is 6.20 Å². The van der Waals surface area contributed by atoms with E-state index in [1.807, 2.05) is 17.8 Å². The van der Waals surface area contributed by atoms with Gasteiger partial charge in [-0.15, -0.1) is 24.0 Å². The van der Waals surface area contributed by atoms with Gasteiger partial charge in [-0.05, 0) is 38.0 Å². The first kappa shape index (κ1) is 24.6. The van der Waals surface area contributed by atoms with E-state index in [9.17, 15) is 0 Å². The van der Waals surface area contributed by atoms with Crippen LogP contribution in [0.1, 0.15) is 37.6 Å². The summed E-state index contributed by atoms with van der Waals surface area (Å²) in [5, 5.41) is 10.9. The molecule has 1 fully saturated rings. The molecule has 2 unspecified atom stereocenters. The second-order valence-electron chi connectivity index (χ2n) is 7.76. The minimum Gasteiger partial charge on any atom is -0.373 e. The van der Waals surface area contributed by atoms with Crippen molar-refractivity contribution in [1.82, 2.24) is 25.3 Å². The molecule has 0 aliphatic carbocycles. The fraction of sp³-hybridized carbons (Fsp3) is 0.545. The van der Waals surface area contributed by atoms with E-state index >= 15 is 0 Å². The Hall–Kier alpha value is -1.65. The zero-order chi connectivity index (χ0) is 20.6. The predicted molar refractivity (Wildman–Crippen MR) is 132 cm³/mol. The third-order valence-corrected chi connectivity index (χ3v) is 5.05. The van der Waals surface area contributed by atoms with Crippen molar-refractivity contribution >= 4 is 29.9 Å². The number of rotatable bonds is 7. The third-order valence-electron chi connectivity index (χ3n) is 5.05. The van der Waals surface area contributed by atoms with Crippen LogP contribution in [0.15, 0.2) is 41.5 Å². The number of hydrogen-bond acceptors (Lipinski definition) is 4. The van der Waals surface area contributed by atoms with Crippen LogP contribution >= 0.6 is 24.0 Å². The minimum absolute atomic E-state index is 0. The summed E-state index contributed by atoms with van der Waals surface area (Å²) in [7, 11) is 1.95. The van der Waals surface area contributed by atoms with E-state index < -0.39 is 0 Å². The van der Waals surface area contributed by atoms with Crippen molar-refractivity contribution in [2.45, 2.75) is 52.6 Å². The molecule has 166 valence electrons. The Balaban J connectivity index is 0.00000320. The van der Waals surface area contributed by atoms with Crippen LogP contribution in [0.2, 0.25) is 0 Å². The van der Waals surface area contributed by atoms with Crippen LogP contribution in [0.5, 0.6) is 0 Å². The predicted octanol–water partition coefficient (Wildman–Crippen LogP) is 2.90. The fourth-order valence-electron chi connectivity index (χ4n) is 3.68. The van der Waals surface area contributed by atoms with Crippen molar-refractivity contribution in [3.8, 4) is 0 Å². The molecule has 2 heterocycles. The van der Waals surface area contributed by atoms with Crippen LogP contribution in [0.25, 0.3) is 0 Å². The summed E-state index contributed by atoms with van der Waals surface area (Å²) in [4.78, 5) is 7.19. The van der Waals surface area contributed by atoms with Gasteiger partial charge in [-0.3, -0.25) is 9.58 Å². The van der Waals surface area contributed by atoms with Gasteiger partial charge in [0.2, 0.25) is 0 Å². The van der Waals surface area contributed by atoms with Gasteiger partial charge >= 0.3 is 0 Å². The van der Waals surface area contributed by atoms with Crippen LogP contribution in [0.3, 0.4) is 0 Å². The third kappa shape index (κ3) is 7.55. The molecule has 2 aromatic rings. The minimum atomic E-state index is 0. The van der Waals surface area contributed by atoms with E-state index in [2.05, 4.69) is 65.7 Å². The van der Waals surface area contributed by atoms with Crippen LogP contribution in [-0.4, -0.2) is 52.5 Å². The molecule has 1 saturated heterocycles. The number of aromatic nitrogens is 2. The van der Waals surface area contributed by atoms with Gasteiger partial charge in [0.1, 0.15) is 0 Å². The molecule has 2 atom stereocenters. The molecule has 0 amide bonds. The molecule has 0 bridgehead atoms. The van der Waals surface area contributed by atoms with E-state index in [4.69, 9.17) is 9.73 Å². The highest BCUT2D eigenvalue weighted by atomic mass is 127. The normalized spacial score (nSPS) is 19.9. The van der Waals surface area contributed by atoms with Crippen LogP contribution in [0.4, 0.5) is 0 Å². The first-order valence-corrected chi connectivity index (χ1v) is 10.5. The van der Waals surface area contributed by atoms with Gasteiger partial charge in [-0.1, -0.05) is 24.3 Å². The van der Waals surface area contributed by atoms with Crippen LogP contribution in [0, 0.1) is 0 Å². The van der Waals surface area contributed by atoms with Crippen molar-refractivity contribution in [3.05, 3.63) is 53.3 Å². The zero-order valence-electron chi connectivity index (χ0n) is 18.5. The molecule has 0 radical (unpaired) electrons. The molecule has 7 nitrogen and oxygen atoms in total. The Labute approximate surface area is 197 Å². The van der Waals surface area contributed by atoms with Gasteiger partial charge in [0.05, 0.1) is 31.0 Å². The molecule has 1 aliphatic rings. The van der Waals surface area contributed by atoms with Crippen molar-refractivity contribution in [1.29, 1.82) is 0 Å². The number of aliphatic imine (C=N–C) groups is 1. The maximum absolute atomic E-state index is 5.82. The topological polar surface area (TPSA) is 66.7 Å². The van der Waals surface area contributed by atoms with Gasteiger partial charge in [0.15, 0.2) is 5.96 Å². The standard InChI is InChI=1S/C22H34N6O.HI/c1-5-23-22(25-13-21-10-11-26-27(21)4)24-12-19-6-8-20(9-7-19)16-28-14-17(2)29-18(3)15-28;/h6-11,17-18H,5,12-16H2,1-4H3,(H2,23,24,25);1H. The summed E-state index contributed by atoms with van der Waals surface area (Å²) in [5.74, 6) is 0.814. The number of guanidine groups is 1. The van der Waals surface area contributed by atoms with Gasteiger partial charge in [0, 0.05) is 39.4 Å². The Morgan fingerprint density at radius 2 is 1.77 bits per heavy atom. The smallest absolute Gasteiger partial charge is 0.191 e. The first-order chi connectivity index (χ1) is 14.0. The molecule has 1 aromatic heterocycles. The maximum atomic E-state index is 5.82. The number of nitrogens with zero attached hydrogens (tertiary/aromatic N) is 4. The highest BCUT2D eigenvalue weighted by Gasteiger charge is 2.21. The number of ether oxygens (including phenoxy) is 1. The van der Waals surface area contributed by atoms with E-state index in [0.717, 1.165) is 37.8 Å². The second kappa shape index (κ2) is 12.3. The molecular weight excluding hydrogens is 491 g/mol. The molecule has 1 aromatic carbocycles. The lowest BCUT2D eigenvalue weighted by Crippen LogP contribution is -2.44. The van der Waals surface area contributed by atoms with Gasteiger partial charge < -0.3 is 15.4 Å². The number of morpholine rings is 1. The van der Waals surface area contributed by atoms with Crippen molar-refractivity contribution in [3.63, 3.8) is 0 Å². The average Bonchev–Trinajstić information content (AvgIpc) is 3.09. The van der Waals surface area contributed by atoms with Crippen molar-refractivity contribution in [2.24, 2.45) is 12.0 Å². The number of hydrogen-bond donors (Lipinski definition) is 2. The number of aryl methyl sites for hydroxylation is 1. The summed E-state index contributed by atoms with van der Waals surface area (Å²) in [6.07, 6.45) is 2.41. The highest BCUT2D eigenvalue weighted by Crippen LogP contribution is 2.15. The Morgan fingerprint density at radius 1 is 1.10 bits per heavy atom. The van der Waals surface area contributed by atoms with Crippen LogP contribution in [-0.2, 0) is 31.4 Å². The molecule has 0 saturated carbocycles. The average molecular weight is 526 g/mol. The van der Waals surface area contributed by atoms with E-state index in [-0.39, 0.29) is 24.0 Å². The summed E-state index contributed by atoms with van der Waals surface area (Å²) < 4.78 is 7.69. The summed E-state index contributed by atoms with van der Waals surface area (Å²) >= 11 is 0. The molecule has 1 aliphatic heterocycles. The lowest BCUT2D eigenvalue weighted by atomic mass is 10.1. The van der Waals surface area contributed by atoms with E-state index in [1.165, 1.54) is 11.1 Å². The molecule has 8 heteroatoms. The van der Waals surface area contributed by atoms with Crippen LogP contribution < -0.4 is 10.6 Å². The number of halogens is 1. The molecule has 3 rings (SSSR count). The summed E-state index contributed by atoms with van der Waals surface area (Å²) in [6, 6.07) is 10.8. The summed E-state index contributed by atoms with van der Waals surface area (Å²) in [6.45, 7) is 11.5. The Kier molecular flexibility index (Phi) is 10.1. The monoisotopic (exact) mass is 526 g/mol. The largest absolute Gasteiger partial charge is 0.373 e. The van der Waals surface area contributed by atoms with Gasteiger partial charge in [-0.2, -0.15) is 5.10 Å². The van der Waals surface area contributed by atoms with Gasteiger partial charge in [0.25, 0.3) is 0 Å². The maximum Gasteiger partial charge on any atom is 0.191 e. The Morgan fingerprint density at radius 3 is 2.37 bits per heavy atom. The number of benzene rings is 1. The van der Waals surface area contributed by atoms with Crippen molar-refractivity contribution < 1.29 is 4.74 Å². The highest BCUT2D eigenvalue weighted by molar-refractivity contribution is 14.0. The molecule has 30 heavy (non-hydrogen) atoms.